The molecule has 1 fully saturated rings. The Morgan fingerprint density at radius 2 is 2.07 bits per heavy atom. The van der Waals surface area contributed by atoms with Crippen LogP contribution in [0.3, 0.4) is 0 Å². The molecule has 1 aromatic heterocycles. The summed E-state index contributed by atoms with van der Waals surface area (Å²) in [6, 6.07) is 10.8. The van der Waals surface area contributed by atoms with Crippen LogP contribution in [0.5, 0.6) is 0 Å². The predicted octanol–water partition coefficient (Wildman–Crippen LogP) is 3.83. The topological polar surface area (TPSA) is 57.7 Å². The SMILES string of the molecule is Cc1cccc([C@]2(C#N)CCCC(N3CCn4c(nnc4C(F)(F)F)C3)C2)c1. The van der Waals surface area contributed by atoms with Crippen LogP contribution < -0.4 is 0 Å². The molecule has 2 aromatic rings. The lowest BCUT2D eigenvalue weighted by Crippen LogP contribution is -2.47. The highest BCUT2D eigenvalue weighted by molar-refractivity contribution is 5.36. The standard InChI is InChI=1S/C20H22F3N5/c1-14-4-2-5-15(10-14)19(13-24)7-3-6-16(11-19)27-8-9-28-17(12-27)25-26-18(28)20(21,22)23/h2,4-5,10,16H,3,6-9,11-12H2,1H3/t16?,19-/m1/s1. The van der Waals surface area contributed by atoms with Crippen molar-refractivity contribution in [3.05, 3.63) is 47.0 Å². The minimum atomic E-state index is -4.49. The van der Waals surface area contributed by atoms with Crippen LogP contribution in [0.4, 0.5) is 13.2 Å². The normalized spacial score (nSPS) is 25.9. The molecule has 0 saturated heterocycles. The third-order valence-corrected chi connectivity index (χ3v) is 6.06. The Balaban J connectivity index is 1.56. The summed E-state index contributed by atoms with van der Waals surface area (Å²) >= 11 is 0. The summed E-state index contributed by atoms with van der Waals surface area (Å²) in [5.41, 5.74) is 1.62. The molecule has 2 aliphatic rings. The van der Waals surface area contributed by atoms with Crippen molar-refractivity contribution in [3.63, 3.8) is 0 Å². The van der Waals surface area contributed by atoms with Gasteiger partial charge in [0.2, 0.25) is 5.82 Å². The zero-order chi connectivity index (χ0) is 19.9. The highest BCUT2D eigenvalue weighted by Gasteiger charge is 2.43. The lowest BCUT2D eigenvalue weighted by atomic mass is 9.68. The van der Waals surface area contributed by atoms with Crippen molar-refractivity contribution in [2.45, 2.75) is 63.3 Å². The van der Waals surface area contributed by atoms with Gasteiger partial charge < -0.3 is 4.57 Å². The fourth-order valence-corrected chi connectivity index (χ4v) is 4.63. The maximum Gasteiger partial charge on any atom is 0.451 e. The van der Waals surface area contributed by atoms with Gasteiger partial charge in [-0.3, -0.25) is 4.90 Å². The lowest BCUT2D eigenvalue weighted by Gasteiger charge is -2.43. The van der Waals surface area contributed by atoms with Crippen LogP contribution in [0.15, 0.2) is 24.3 Å². The fourth-order valence-electron chi connectivity index (χ4n) is 4.63. The van der Waals surface area contributed by atoms with Crippen LogP contribution in [0.2, 0.25) is 0 Å². The molecule has 0 spiro atoms. The number of fused-ring (bicyclic) bond motifs is 1. The number of halogens is 3. The summed E-state index contributed by atoms with van der Waals surface area (Å²) in [5.74, 6) is -0.570. The molecule has 5 nitrogen and oxygen atoms in total. The molecule has 2 atom stereocenters. The molecule has 0 radical (unpaired) electrons. The first-order valence-electron chi connectivity index (χ1n) is 9.54. The van der Waals surface area contributed by atoms with Crippen LogP contribution in [0.25, 0.3) is 0 Å². The van der Waals surface area contributed by atoms with Crippen LogP contribution >= 0.6 is 0 Å². The second-order valence-corrected chi connectivity index (χ2v) is 7.87. The van der Waals surface area contributed by atoms with Gasteiger partial charge in [-0.15, -0.1) is 10.2 Å². The van der Waals surface area contributed by atoms with Gasteiger partial charge in [-0.2, -0.15) is 18.4 Å². The Morgan fingerprint density at radius 1 is 1.25 bits per heavy atom. The molecular weight excluding hydrogens is 367 g/mol. The Labute approximate surface area is 161 Å². The van der Waals surface area contributed by atoms with Crippen molar-refractivity contribution in [1.29, 1.82) is 5.26 Å². The van der Waals surface area contributed by atoms with Gasteiger partial charge in [0.25, 0.3) is 0 Å². The Kier molecular flexibility index (Phi) is 4.66. The van der Waals surface area contributed by atoms with Crippen molar-refractivity contribution in [2.75, 3.05) is 6.54 Å². The van der Waals surface area contributed by atoms with Crippen LogP contribution in [0, 0.1) is 18.3 Å². The second-order valence-electron chi connectivity index (χ2n) is 7.87. The third kappa shape index (κ3) is 3.28. The zero-order valence-corrected chi connectivity index (χ0v) is 15.7. The smallest absolute Gasteiger partial charge is 0.305 e. The van der Waals surface area contributed by atoms with E-state index in [1.165, 1.54) is 4.57 Å². The Morgan fingerprint density at radius 3 is 2.79 bits per heavy atom. The number of nitrogens with zero attached hydrogens (tertiary/aromatic N) is 5. The molecular formula is C20H22F3N5. The monoisotopic (exact) mass is 389 g/mol. The molecule has 0 N–H and O–H groups in total. The van der Waals surface area contributed by atoms with Gasteiger partial charge in [0.15, 0.2) is 0 Å². The molecule has 28 heavy (non-hydrogen) atoms. The average Bonchev–Trinajstić information content (AvgIpc) is 3.11. The van der Waals surface area contributed by atoms with E-state index in [-0.39, 0.29) is 12.6 Å². The van der Waals surface area contributed by atoms with E-state index in [0.717, 1.165) is 30.4 Å². The first kappa shape index (κ1) is 18.9. The van der Waals surface area contributed by atoms with Crippen molar-refractivity contribution in [2.24, 2.45) is 0 Å². The molecule has 0 bridgehead atoms. The van der Waals surface area contributed by atoms with Crippen molar-refractivity contribution < 1.29 is 13.2 Å². The van der Waals surface area contributed by atoms with Crippen molar-refractivity contribution in [3.8, 4) is 6.07 Å². The minimum Gasteiger partial charge on any atom is -0.305 e. The molecule has 1 saturated carbocycles. The van der Waals surface area contributed by atoms with E-state index in [4.69, 9.17) is 0 Å². The predicted molar refractivity (Wildman–Crippen MR) is 96.2 cm³/mol. The van der Waals surface area contributed by atoms with Crippen molar-refractivity contribution in [1.82, 2.24) is 19.7 Å². The van der Waals surface area contributed by atoms with Gasteiger partial charge in [-0.05, 0) is 38.2 Å². The fraction of sp³-hybridized carbons (Fsp3) is 0.550. The van der Waals surface area contributed by atoms with Crippen LogP contribution in [0.1, 0.15) is 48.5 Å². The third-order valence-electron chi connectivity index (χ3n) is 6.06. The van der Waals surface area contributed by atoms with E-state index in [1.807, 2.05) is 25.1 Å². The lowest BCUT2D eigenvalue weighted by molar-refractivity contribution is -0.148. The molecule has 1 aliphatic heterocycles. The molecule has 4 rings (SSSR count). The second kappa shape index (κ2) is 6.89. The number of benzene rings is 1. The summed E-state index contributed by atoms with van der Waals surface area (Å²) in [4.78, 5) is 2.17. The number of hydrogen-bond donors (Lipinski definition) is 0. The quantitative estimate of drug-likeness (QED) is 0.783. The first-order valence-corrected chi connectivity index (χ1v) is 9.54. The van der Waals surface area contributed by atoms with E-state index < -0.39 is 17.4 Å². The van der Waals surface area contributed by atoms with E-state index in [1.54, 1.807) is 0 Å². The largest absolute Gasteiger partial charge is 0.451 e. The summed E-state index contributed by atoms with van der Waals surface area (Å²) < 4.78 is 40.3. The Bertz CT molecular complexity index is 913. The molecule has 1 aliphatic carbocycles. The van der Waals surface area contributed by atoms with Crippen LogP contribution in [-0.2, 0) is 24.7 Å². The van der Waals surface area contributed by atoms with Crippen molar-refractivity contribution >= 4 is 0 Å². The number of aryl methyl sites for hydroxylation is 1. The van der Waals surface area contributed by atoms with Gasteiger partial charge >= 0.3 is 6.18 Å². The molecule has 8 heteroatoms. The van der Waals surface area contributed by atoms with Gasteiger partial charge in [0, 0.05) is 19.1 Å². The summed E-state index contributed by atoms with van der Waals surface area (Å²) in [6.07, 6.45) is -1.13. The molecule has 1 aromatic carbocycles. The number of nitriles is 1. The van der Waals surface area contributed by atoms with E-state index >= 15 is 0 Å². The number of aromatic nitrogens is 3. The van der Waals surface area contributed by atoms with Gasteiger partial charge in [-0.1, -0.05) is 29.8 Å². The number of alkyl halides is 3. The zero-order valence-electron chi connectivity index (χ0n) is 15.7. The van der Waals surface area contributed by atoms with Crippen LogP contribution in [-0.4, -0.2) is 32.3 Å². The number of hydrogen-bond acceptors (Lipinski definition) is 4. The Hall–Kier alpha value is -2.40. The van der Waals surface area contributed by atoms with E-state index in [2.05, 4.69) is 27.2 Å². The average molecular weight is 389 g/mol. The molecule has 1 unspecified atom stereocenters. The van der Waals surface area contributed by atoms with E-state index in [0.29, 0.717) is 25.3 Å². The summed E-state index contributed by atoms with van der Waals surface area (Å²) in [6.45, 7) is 3.08. The highest BCUT2D eigenvalue weighted by atomic mass is 19.4. The number of rotatable bonds is 2. The van der Waals surface area contributed by atoms with E-state index in [9.17, 15) is 18.4 Å². The minimum absolute atomic E-state index is 0.147. The highest BCUT2D eigenvalue weighted by Crippen LogP contribution is 2.41. The van der Waals surface area contributed by atoms with Gasteiger partial charge in [0.05, 0.1) is 18.0 Å². The van der Waals surface area contributed by atoms with Gasteiger partial charge in [0.1, 0.15) is 5.82 Å². The molecule has 2 heterocycles. The maximum absolute atomic E-state index is 13.1. The molecule has 148 valence electrons. The summed E-state index contributed by atoms with van der Waals surface area (Å²) in [7, 11) is 0. The maximum atomic E-state index is 13.1. The summed E-state index contributed by atoms with van der Waals surface area (Å²) in [5, 5.41) is 17.2. The first-order chi connectivity index (χ1) is 13.3. The molecule has 0 amide bonds. The van der Waals surface area contributed by atoms with Gasteiger partial charge in [-0.25, -0.2) is 0 Å².